The highest BCUT2D eigenvalue weighted by Crippen LogP contribution is 2.42. The van der Waals surface area contributed by atoms with Gasteiger partial charge in [-0.25, -0.2) is 0 Å². The molecular formula is C16H29NO. The topological polar surface area (TPSA) is 20.3 Å². The molecule has 104 valence electrons. The maximum atomic E-state index is 11.9. The summed E-state index contributed by atoms with van der Waals surface area (Å²) in [6.45, 7) is 16.2. The molecule has 0 aromatic rings. The third-order valence-electron chi connectivity index (χ3n) is 3.99. The van der Waals surface area contributed by atoms with Crippen LogP contribution in [0.15, 0.2) is 12.8 Å². The number of amides is 1. The third kappa shape index (κ3) is 4.15. The zero-order valence-electron chi connectivity index (χ0n) is 12.8. The number of nitrogens with zero attached hydrogens (tertiary/aromatic N) is 1. The molecule has 18 heavy (non-hydrogen) atoms. The van der Waals surface area contributed by atoms with E-state index in [1.54, 1.807) is 6.20 Å². The molecule has 1 saturated heterocycles. The van der Waals surface area contributed by atoms with Crippen LogP contribution >= 0.6 is 0 Å². The predicted octanol–water partition coefficient (Wildman–Crippen LogP) is 4.22. The first-order chi connectivity index (χ1) is 8.15. The first-order valence-electron chi connectivity index (χ1n) is 7.08. The highest BCUT2D eigenvalue weighted by molar-refractivity contribution is 5.77. The Morgan fingerprint density at radius 2 is 1.94 bits per heavy atom. The molecule has 1 aliphatic rings. The quantitative estimate of drug-likeness (QED) is 0.735. The smallest absolute Gasteiger partial charge is 0.226 e. The van der Waals surface area contributed by atoms with E-state index >= 15 is 0 Å². The molecule has 0 radical (unpaired) electrons. The first kappa shape index (κ1) is 15.3. The molecule has 2 nitrogen and oxygen atoms in total. The van der Waals surface area contributed by atoms with E-state index in [4.69, 9.17) is 0 Å². The van der Waals surface area contributed by atoms with Gasteiger partial charge in [-0.05, 0) is 42.2 Å². The number of hydrogen-bond acceptors (Lipinski definition) is 1. The van der Waals surface area contributed by atoms with E-state index in [1.165, 1.54) is 6.42 Å². The molecule has 0 aliphatic carbocycles. The van der Waals surface area contributed by atoms with Gasteiger partial charge in [0.1, 0.15) is 0 Å². The summed E-state index contributed by atoms with van der Waals surface area (Å²) in [6.07, 6.45) is 5.73. The van der Waals surface area contributed by atoms with Crippen LogP contribution in [0.3, 0.4) is 0 Å². The molecule has 0 bridgehead atoms. The van der Waals surface area contributed by atoms with Crippen molar-refractivity contribution in [2.75, 3.05) is 6.54 Å². The second-order valence-electron chi connectivity index (χ2n) is 7.54. The van der Waals surface area contributed by atoms with Gasteiger partial charge in [0.2, 0.25) is 5.91 Å². The van der Waals surface area contributed by atoms with Gasteiger partial charge in [-0.1, -0.05) is 41.2 Å². The molecule has 1 aliphatic heterocycles. The Bertz CT molecular complexity index is 312. The minimum Gasteiger partial charge on any atom is -0.319 e. The maximum absolute atomic E-state index is 11.9. The van der Waals surface area contributed by atoms with Gasteiger partial charge in [0.15, 0.2) is 0 Å². The van der Waals surface area contributed by atoms with Crippen LogP contribution < -0.4 is 0 Å². The molecule has 1 unspecified atom stereocenters. The fourth-order valence-corrected chi connectivity index (χ4v) is 3.40. The summed E-state index contributed by atoms with van der Waals surface area (Å²) in [4.78, 5) is 13.7. The summed E-state index contributed by atoms with van der Waals surface area (Å²) >= 11 is 0. The SMILES string of the molecule is C=CN1CC(C(C)(C)CC(C)(C)C)CCCC1=O. The summed E-state index contributed by atoms with van der Waals surface area (Å²) in [5.74, 6) is 0.806. The standard InChI is InChI=1S/C16H29NO/c1-7-17-11-13(9-8-10-14(17)18)16(5,6)12-15(2,3)4/h7,13H,1,8-12H2,2-6H3. The van der Waals surface area contributed by atoms with Crippen molar-refractivity contribution in [3.05, 3.63) is 12.8 Å². The van der Waals surface area contributed by atoms with Crippen LogP contribution in [0.4, 0.5) is 0 Å². The van der Waals surface area contributed by atoms with Gasteiger partial charge in [0.05, 0.1) is 0 Å². The van der Waals surface area contributed by atoms with Crippen molar-refractivity contribution in [3.63, 3.8) is 0 Å². The lowest BCUT2D eigenvalue weighted by Gasteiger charge is -2.40. The van der Waals surface area contributed by atoms with Crippen molar-refractivity contribution < 1.29 is 4.79 Å². The maximum Gasteiger partial charge on any atom is 0.226 e. The average molecular weight is 251 g/mol. The van der Waals surface area contributed by atoms with Gasteiger partial charge in [-0.2, -0.15) is 0 Å². The molecule has 0 N–H and O–H groups in total. The number of likely N-dealkylation sites (tertiary alicyclic amines) is 1. The van der Waals surface area contributed by atoms with E-state index in [1.807, 2.05) is 4.90 Å². The predicted molar refractivity (Wildman–Crippen MR) is 77.1 cm³/mol. The summed E-state index contributed by atoms with van der Waals surface area (Å²) in [5.41, 5.74) is 0.600. The van der Waals surface area contributed by atoms with Crippen LogP contribution in [0.1, 0.15) is 60.3 Å². The van der Waals surface area contributed by atoms with Gasteiger partial charge in [0, 0.05) is 13.0 Å². The van der Waals surface area contributed by atoms with E-state index in [0.717, 1.165) is 19.4 Å². The van der Waals surface area contributed by atoms with Crippen molar-refractivity contribution in [1.29, 1.82) is 0 Å². The lowest BCUT2D eigenvalue weighted by molar-refractivity contribution is -0.128. The molecule has 0 aromatic heterocycles. The van der Waals surface area contributed by atoms with Crippen molar-refractivity contribution in [3.8, 4) is 0 Å². The Kier molecular flexibility index (Phi) is 4.63. The lowest BCUT2D eigenvalue weighted by Crippen LogP contribution is -2.36. The molecule has 0 saturated carbocycles. The summed E-state index contributed by atoms with van der Waals surface area (Å²) in [5, 5.41) is 0. The lowest BCUT2D eigenvalue weighted by atomic mass is 9.67. The molecule has 0 spiro atoms. The van der Waals surface area contributed by atoms with Gasteiger partial charge >= 0.3 is 0 Å². The Morgan fingerprint density at radius 1 is 1.33 bits per heavy atom. The van der Waals surface area contributed by atoms with Gasteiger partial charge in [-0.15, -0.1) is 0 Å². The number of hydrogen-bond donors (Lipinski definition) is 0. The highest BCUT2D eigenvalue weighted by Gasteiger charge is 2.36. The van der Waals surface area contributed by atoms with Crippen LogP contribution in [0.2, 0.25) is 0 Å². The Labute approximate surface area is 112 Å². The van der Waals surface area contributed by atoms with Crippen LogP contribution in [0, 0.1) is 16.7 Å². The van der Waals surface area contributed by atoms with Gasteiger partial charge < -0.3 is 4.90 Å². The Balaban J connectivity index is 2.80. The van der Waals surface area contributed by atoms with Crippen molar-refractivity contribution in [2.24, 2.45) is 16.7 Å². The summed E-state index contributed by atoms with van der Waals surface area (Å²) in [7, 11) is 0. The first-order valence-corrected chi connectivity index (χ1v) is 7.08. The minimum absolute atomic E-state index is 0.235. The molecule has 1 rings (SSSR count). The second kappa shape index (κ2) is 5.46. The zero-order valence-corrected chi connectivity index (χ0v) is 12.8. The van der Waals surface area contributed by atoms with E-state index in [9.17, 15) is 4.79 Å². The van der Waals surface area contributed by atoms with E-state index in [-0.39, 0.29) is 11.3 Å². The molecule has 2 heteroatoms. The molecule has 0 aromatic carbocycles. The van der Waals surface area contributed by atoms with E-state index < -0.39 is 0 Å². The van der Waals surface area contributed by atoms with Crippen LogP contribution in [-0.2, 0) is 4.79 Å². The largest absolute Gasteiger partial charge is 0.319 e. The molecular weight excluding hydrogens is 222 g/mol. The third-order valence-corrected chi connectivity index (χ3v) is 3.99. The summed E-state index contributed by atoms with van der Waals surface area (Å²) < 4.78 is 0. The molecule has 1 atom stereocenters. The molecule has 1 amide bonds. The minimum atomic E-state index is 0.235. The monoisotopic (exact) mass is 251 g/mol. The van der Waals surface area contributed by atoms with Gasteiger partial charge in [0.25, 0.3) is 0 Å². The van der Waals surface area contributed by atoms with Crippen LogP contribution in [0.25, 0.3) is 0 Å². The van der Waals surface area contributed by atoms with E-state index in [2.05, 4.69) is 41.2 Å². The van der Waals surface area contributed by atoms with Crippen molar-refractivity contribution in [2.45, 2.75) is 60.3 Å². The Hall–Kier alpha value is -0.790. The van der Waals surface area contributed by atoms with Gasteiger partial charge in [-0.3, -0.25) is 4.79 Å². The normalized spacial score (nSPS) is 22.8. The van der Waals surface area contributed by atoms with E-state index in [0.29, 0.717) is 17.8 Å². The summed E-state index contributed by atoms with van der Waals surface area (Å²) in [6, 6.07) is 0. The number of carbonyl (C=O) groups is 1. The number of rotatable bonds is 3. The van der Waals surface area contributed by atoms with Crippen LogP contribution in [0.5, 0.6) is 0 Å². The highest BCUT2D eigenvalue weighted by atomic mass is 16.2. The zero-order chi connectivity index (χ0) is 14.0. The van der Waals surface area contributed by atoms with Crippen molar-refractivity contribution >= 4 is 5.91 Å². The number of carbonyl (C=O) groups excluding carboxylic acids is 1. The van der Waals surface area contributed by atoms with Crippen molar-refractivity contribution in [1.82, 2.24) is 4.90 Å². The molecule has 1 heterocycles. The molecule has 1 fully saturated rings. The average Bonchev–Trinajstić information content (AvgIpc) is 2.36. The second-order valence-corrected chi connectivity index (χ2v) is 7.54. The fraction of sp³-hybridized carbons (Fsp3) is 0.812. The Morgan fingerprint density at radius 3 is 2.44 bits per heavy atom. The fourth-order valence-electron chi connectivity index (χ4n) is 3.40. The van der Waals surface area contributed by atoms with Crippen LogP contribution in [-0.4, -0.2) is 17.4 Å².